The van der Waals surface area contributed by atoms with Crippen molar-refractivity contribution in [3.05, 3.63) is 24.3 Å². The van der Waals surface area contributed by atoms with Gasteiger partial charge in [-0.05, 0) is 36.6 Å². The van der Waals surface area contributed by atoms with Crippen LogP contribution >= 0.6 is 0 Å². The lowest BCUT2D eigenvalue weighted by Crippen LogP contribution is -2.41. The van der Waals surface area contributed by atoms with Gasteiger partial charge in [0.25, 0.3) is 0 Å². The molecule has 0 bridgehead atoms. The molecule has 1 aromatic carbocycles. The molecule has 3 N–H and O–H groups in total. The maximum Gasteiger partial charge on any atom is 0.240 e. The summed E-state index contributed by atoms with van der Waals surface area (Å²) < 4.78 is 32.5. The largest absolute Gasteiger partial charge is 0.492 e. The van der Waals surface area contributed by atoms with E-state index in [1.807, 2.05) is 27.7 Å². The molecule has 0 aliphatic heterocycles. The quantitative estimate of drug-likeness (QED) is 0.838. The van der Waals surface area contributed by atoms with Crippen molar-refractivity contribution >= 4 is 10.0 Å². The standard InChI is InChI=1S/C14H24N2O3S/c1-11(14(2,3)4)16-20(17,18)13-7-5-12(6-8-13)19-10-9-15/h5-8,11,16H,9-10,15H2,1-4H3. The Morgan fingerprint density at radius 3 is 2.25 bits per heavy atom. The summed E-state index contributed by atoms with van der Waals surface area (Å²) in [5, 5.41) is 0. The molecule has 0 saturated heterocycles. The van der Waals surface area contributed by atoms with Gasteiger partial charge in [0.15, 0.2) is 0 Å². The summed E-state index contributed by atoms with van der Waals surface area (Å²) in [5.74, 6) is 0.610. The lowest BCUT2D eigenvalue weighted by atomic mass is 9.89. The van der Waals surface area contributed by atoms with Gasteiger partial charge in [0, 0.05) is 12.6 Å². The predicted octanol–water partition coefficient (Wildman–Crippen LogP) is 1.74. The fraction of sp³-hybridized carbons (Fsp3) is 0.571. The first-order chi connectivity index (χ1) is 9.16. The van der Waals surface area contributed by atoms with E-state index in [1.165, 1.54) is 12.1 Å². The Kier molecular flexibility index (Phi) is 5.56. The Bertz CT molecular complexity index is 518. The zero-order chi connectivity index (χ0) is 15.4. The Morgan fingerprint density at radius 2 is 1.80 bits per heavy atom. The van der Waals surface area contributed by atoms with E-state index in [1.54, 1.807) is 12.1 Å². The Morgan fingerprint density at radius 1 is 1.25 bits per heavy atom. The fourth-order valence-electron chi connectivity index (χ4n) is 1.37. The smallest absolute Gasteiger partial charge is 0.240 e. The Labute approximate surface area is 121 Å². The first-order valence-corrected chi connectivity index (χ1v) is 8.10. The number of benzene rings is 1. The van der Waals surface area contributed by atoms with E-state index in [9.17, 15) is 8.42 Å². The van der Waals surface area contributed by atoms with Crippen molar-refractivity contribution in [1.82, 2.24) is 4.72 Å². The van der Waals surface area contributed by atoms with Crippen molar-refractivity contribution in [1.29, 1.82) is 0 Å². The maximum absolute atomic E-state index is 12.2. The first-order valence-electron chi connectivity index (χ1n) is 6.62. The molecule has 0 aliphatic rings. The van der Waals surface area contributed by atoms with Crippen LogP contribution in [0.1, 0.15) is 27.7 Å². The van der Waals surface area contributed by atoms with Crippen molar-refractivity contribution in [3.63, 3.8) is 0 Å². The molecule has 0 saturated carbocycles. The van der Waals surface area contributed by atoms with Gasteiger partial charge in [0.2, 0.25) is 10.0 Å². The lowest BCUT2D eigenvalue weighted by molar-refractivity contribution is 0.317. The summed E-state index contributed by atoms with van der Waals surface area (Å²) >= 11 is 0. The SMILES string of the molecule is CC(NS(=O)(=O)c1ccc(OCCN)cc1)C(C)(C)C. The van der Waals surface area contributed by atoms with Gasteiger partial charge in [-0.1, -0.05) is 20.8 Å². The second-order valence-electron chi connectivity index (χ2n) is 5.82. The van der Waals surface area contributed by atoms with Gasteiger partial charge in [-0.2, -0.15) is 0 Å². The molecule has 1 unspecified atom stereocenters. The molecule has 1 atom stereocenters. The van der Waals surface area contributed by atoms with Crippen molar-refractivity contribution < 1.29 is 13.2 Å². The number of sulfonamides is 1. The molecule has 0 aromatic heterocycles. The van der Waals surface area contributed by atoms with Crippen LogP contribution in [0.3, 0.4) is 0 Å². The predicted molar refractivity (Wildman–Crippen MR) is 80.2 cm³/mol. The molecule has 6 heteroatoms. The maximum atomic E-state index is 12.2. The van der Waals surface area contributed by atoms with Crippen LogP contribution in [0.15, 0.2) is 29.2 Å². The van der Waals surface area contributed by atoms with Crippen molar-refractivity contribution in [2.75, 3.05) is 13.2 Å². The van der Waals surface area contributed by atoms with Crippen molar-refractivity contribution in [2.24, 2.45) is 11.1 Å². The molecule has 0 radical (unpaired) electrons. The van der Waals surface area contributed by atoms with Gasteiger partial charge < -0.3 is 10.5 Å². The second-order valence-corrected chi connectivity index (χ2v) is 7.53. The number of rotatable bonds is 6. The third kappa shape index (κ3) is 4.77. The minimum atomic E-state index is -3.51. The highest BCUT2D eigenvalue weighted by Crippen LogP contribution is 2.22. The third-order valence-corrected chi connectivity index (χ3v) is 4.71. The Balaban J connectivity index is 2.83. The van der Waals surface area contributed by atoms with Gasteiger partial charge in [-0.3, -0.25) is 0 Å². The summed E-state index contributed by atoms with van der Waals surface area (Å²) in [7, 11) is -3.51. The summed E-state index contributed by atoms with van der Waals surface area (Å²) in [6.45, 7) is 8.66. The molecule has 1 aromatic rings. The highest BCUT2D eigenvalue weighted by Gasteiger charge is 2.25. The van der Waals surface area contributed by atoms with Crippen LogP contribution < -0.4 is 15.2 Å². The molecule has 20 heavy (non-hydrogen) atoms. The second kappa shape index (κ2) is 6.56. The third-order valence-electron chi connectivity index (χ3n) is 3.15. The number of hydrogen-bond acceptors (Lipinski definition) is 4. The molecule has 0 spiro atoms. The zero-order valence-corrected chi connectivity index (χ0v) is 13.3. The molecule has 0 amide bonds. The number of ether oxygens (including phenoxy) is 1. The van der Waals surface area contributed by atoms with E-state index in [2.05, 4.69) is 4.72 Å². The highest BCUT2D eigenvalue weighted by atomic mass is 32.2. The van der Waals surface area contributed by atoms with E-state index >= 15 is 0 Å². The van der Waals surface area contributed by atoms with Gasteiger partial charge in [-0.15, -0.1) is 0 Å². The molecule has 0 fully saturated rings. The fourth-order valence-corrected chi connectivity index (χ4v) is 2.82. The molecule has 0 heterocycles. The van der Waals surface area contributed by atoms with Crippen LogP contribution in [0.4, 0.5) is 0 Å². The summed E-state index contributed by atoms with van der Waals surface area (Å²) in [5.41, 5.74) is 5.20. The normalized spacial score (nSPS) is 14.1. The molecular formula is C14H24N2O3S. The molecule has 5 nitrogen and oxygen atoms in total. The van der Waals surface area contributed by atoms with Gasteiger partial charge in [-0.25, -0.2) is 13.1 Å². The number of hydrogen-bond donors (Lipinski definition) is 2. The van der Waals surface area contributed by atoms with Gasteiger partial charge >= 0.3 is 0 Å². The van der Waals surface area contributed by atoms with Gasteiger partial charge in [0.05, 0.1) is 4.90 Å². The average molecular weight is 300 g/mol. The van der Waals surface area contributed by atoms with E-state index in [4.69, 9.17) is 10.5 Å². The summed E-state index contributed by atoms with van der Waals surface area (Å²) in [4.78, 5) is 0.230. The van der Waals surface area contributed by atoms with Crippen molar-refractivity contribution in [3.8, 4) is 5.75 Å². The Hall–Kier alpha value is -1.11. The van der Waals surface area contributed by atoms with Gasteiger partial charge in [0.1, 0.15) is 12.4 Å². The topological polar surface area (TPSA) is 81.4 Å². The molecule has 114 valence electrons. The minimum absolute atomic E-state index is 0.142. The van der Waals surface area contributed by atoms with Crippen LogP contribution in [-0.4, -0.2) is 27.6 Å². The van der Waals surface area contributed by atoms with E-state index < -0.39 is 10.0 Å². The van der Waals surface area contributed by atoms with E-state index in [0.717, 1.165) is 0 Å². The van der Waals surface area contributed by atoms with Crippen molar-refractivity contribution in [2.45, 2.75) is 38.6 Å². The molecule has 1 rings (SSSR count). The van der Waals surface area contributed by atoms with Crippen LogP contribution in [0.2, 0.25) is 0 Å². The molecular weight excluding hydrogens is 276 g/mol. The van der Waals surface area contributed by atoms with E-state index in [0.29, 0.717) is 18.9 Å². The van der Waals surface area contributed by atoms with Crippen LogP contribution in [0.5, 0.6) is 5.75 Å². The molecule has 0 aliphatic carbocycles. The summed E-state index contributed by atoms with van der Waals surface area (Å²) in [6.07, 6.45) is 0. The first kappa shape index (κ1) is 16.9. The number of nitrogens with one attached hydrogen (secondary N) is 1. The lowest BCUT2D eigenvalue weighted by Gasteiger charge is -2.27. The van der Waals surface area contributed by atoms with Crippen LogP contribution in [0.25, 0.3) is 0 Å². The minimum Gasteiger partial charge on any atom is -0.492 e. The highest BCUT2D eigenvalue weighted by molar-refractivity contribution is 7.89. The number of nitrogens with two attached hydrogens (primary N) is 1. The average Bonchev–Trinajstić information content (AvgIpc) is 2.35. The zero-order valence-electron chi connectivity index (χ0n) is 12.5. The van der Waals surface area contributed by atoms with E-state index in [-0.39, 0.29) is 16.4 Å². The monoisotopic (exact) mass is 300 g/mol. The van der Waals surface area contributed by atoms with Crippen LogP contribution in [-0.2, 0) is 10.0 Å². The van der Waals surface area contributed by atoms with Crippen LogP contribution in [0, 0.1) is 5.41 Å². The summed E-state index contributed by atoms with van der Waals surface area (Å²) in [6, 6.07) is 6.16.